The van der Waals surface area contributed by atoms with E-state index in [-0.39, 0.29) is 11.4 Å². The molecule has 0 aliphatic heterocycles. The first-order valence-corrected chi connectivity index (χ1v) is 8.88. The molecule has 0 spiro atoms. The van der Waals surface area contributed by atoms with Crippen molar-refractivity contribution in [3.8, 4) is 0 Å². The van der Waals surface area contributed by atoms with Crippen molar-refractivity contribution in [2.24, 2.45) is 0 Å². The average Bonchev–Trinajstić information content (AvgIpc) is 3.01. The number of sulfonamides is 1. The van der Waals surface area contributed by atoms with Crippen molar-refractivity contribution in [3.63, 3.8) is 0 Å². The summed E-state index contributed by atoms with van der Waals surface area (Å²) in [5.41, 5.74) is -0.0721. The molecule has 2 rings (SSSR count). The summed E-state index contributed by atoms with van der Waals surface area (Å²) in [5, 5.41) is 3.67. The Labute approximate surface area is 136 Å². The summed E-state index contributed by atoms with van der Waals surface area (Å²) in [6.45, 7) is -0.0173. The highest BCUT2D eigenvalue weighted by Gasteiger charge is 2.30. The van der Waals surface area contributed by atoms with Crippen molar-refractivity contribution in [2.45, 2.75) is 17.2 Å². The van der Waals surface area contributed by atoms with E-state index in [1.165, 1.54) is 18.4 Å². The van der Waals surface area contributed by atoms with Crippen LogP contribution in [0, 0.1) is 0 Å². The molecule has 0 bridgehead atoms. The van der Waals surface area contributed by atoms with Gasteiger partial charge in [0.2, 0.25) is 10.0 Å². The molecule has 1 aromatic carbocycles. The maximum atomic E-state index is 12.5. The van der Waals surface area contributed by atoms with E-state index in [2.05, 4.69) is 4.72 Å². The first kappa shape index (κ1) is 17.9. The number of nitrogens with one attached hydrogen (secondary N) is 1. The Morgan fingerprint density at radius 3 is 2.35 bits per heavy atom. The topological polar surface area (TPSA) is 55.4 Å². The summed E-state index contributed by atoms with van der Waals surface area (Å²) in [7, 11) is -2.46. The van der Waals surface area contributed by atoms with E-state index in [0.29, 0.717) is 0 Å². The number of ether oxygens (including phenoxy) is 1. The van der Waals surface area contributed by atoms with Crippen molar-refractivity contribution in [3.05, 3.63) is 52.2 Å². The molecule has 0 radical (unpaired) electrons. The zero-order valence-corrected chi connectivity index (χ0v) is 13.6. The van der Waals surface area contributed by atoms with Crippen molar-refractivity contribution < 1.29 is 26.3 Å². The molecule has 2 aromatic rings. The number of benzene rings is 1. The first-order valence-electron chi connectivity index (χ1n) is 6.46. The van der Waals surface area contributed by atoms with Crippen LogP contribution in [0.25, 0.3) is 0 Å². The smallest absolute Gasteiger partial charge is 0.375 e. The number of halogens is 3. The monoisotopic (exact) mass is 365 g/mol. The summed E-state index contributed by atoms with van der Waals surface area (Å²) in [6.07, 6.45) is -4.97. The minimum Gasteiger partial charge on any atom is -0.375 e. The second kappa shape index (κ2) is 7.00. The predicted octanol–water partition coefficient (Wildman–Crippen LogP) is 3.43. The number of rotatable bonds is 6. The Morgan fingerprint density at radius 1 is 1.22 bits per heavy atom. The minimum absolute atomic E-state index is 0.0173. The normalized spacial score (nSPS) is 13.9. The molecule has 0 amide bonds. The van der Waals surface area contributed by atoms with E-state index in [0.717, 1.165) is 29.8 Å². The van der Waals surface area contributed by atoms with E-state index in [9.17, 15) is 21.6 Å². The summed E-state index contributed by atoms with van der Waals surface area (Å²) in [6, 6.07) is 5.14. The van der Waals surface area contributed by atoms with E-state index in [1.54, 1.807) is 0 Å². The number of alkyl halides is 3. The molecule has 1 aromatic heterocycles. The van der Waals surface area contributed by atoms with E-state index in [1.807, 2.05) is 16.8 Å². The number of thiophene rings is 1. The van der Waals surface area contributed by atoms with Gasteiger partial charge in [0.25, 0.3) is 0 Å². The third-order valence-corrected chi connectivity index (χ3v) is 5.29. The second-order valence-electron chi connectivity index (χ2n) is 4.66. The number of hydrogen-bond acceptors (Lipinski definition) is 4. The van der Waals surface area contributed by atoms with Gasteiger partial charge in [0.15, 0.2) is 0 Å². The molecule has 1 atom stereocenters. The lowest BCUT2D eigenvalue weighted by molar-refractivity contribution is -0.137. The van der Waals surface area contributed by atoms with Crippen LogP contribution in [0.1, 0.15) is 17.2 Å². The first-order chi connectivity index (χ1) is 10.7. The van der Waals surface area contributed by atoms with Crippen LogP contribution in [0.5, 0.6) is 0 Å². The molecule has 126 valence electrons. The predicted molar refractivity (Wildman–Crippen MR) is 80.7 cm³/mol. The average molecular weight is 365 g/mol. The van der Waals surface area contributed by atoms with Crippen molar-refractivity contribution in [1.29, 1.82) is 0 Å². The van der Waals surface area contributed by atoms with Gasteiger partial charge in [-0.05, 0) is 46.7 Å². The summed E-state index contributed by atoms with van der Waals surface area (Å²) in [4.78, 5) is -0.231. The fraction of sp³-hybridized carbons (Fsp3) is 0.286. The quantitative estimate of drug-likeness (QED) is 0.853. The number of hydrogen-bond donors (Lipinski definition) is 1. The van der Waals surface area contributed by atoms with Crippen LogP contribution >= 0.6 is 11.3 Å². The van der Waals surface area contributed by atoms with Crippen LogP contribution in [0.15, 0.2) is 46.0 Å². The largest absolute Gasteiger partial charge is 0.416 e. The van der Waals surface area contributed by atoms with Crippen LogP contribution in [0.3, 0.4) is 0 Å². The second-order valence-corrected chi connectivity index (χ2v) is 7.20. The van der Waals surface area contributed by atoms with E-state index >= 15 is 0 Å². The fourth-order valence-corrected chi connectivity index (χ4v) is 3.62. The fourth-order valence-electron chi connectivity index (χ4n) is 1.89. The Morgan fingerprint density at radius 2 is 1.87 bits per heavy atom. The molecule has 1 unspecified atom stereocenters. The molecular weight excluding hydrogens is 351 g/mol. The third kappa shape index (κ3) is 4.54. The molecule has 4 nitrogen and oxygen atoms in total. The van der Waals surface area contributed by atoms with Gasteiger partial charge in [0.05, 0.1) is 16.6 Å². The minimum atomic E-state index is -4.50. The third-order valence-electron chi connectivity index (χ3n) is 3.15. The highest BCUT2D eigenvalue weighted by atomic mass is 32.2. The lowest BCUT2D eigenvalue weighted by atomic mass is 10.2. The Balaban J connectivity index is 2.09. The van der Waals surface area contributed by atoms with Gasteiger partial charge in [0, 0.05) is 13.7 Å². The molecule has 1 heterocycles. The summed E-state index contributed by atoms with van der Waals surface area (Å²) >= 11 is 1.45. The van der Waals surface area contributed by atoms with Crippen molar-refractivity contribution in [1.82, 2.24) is 4.72 Å². The van der Waals surface area contributed by atoms with Gasteiger partial charge in [-0.25, -0.2) is 13.1 Å². The van der Waals surface area contributed by atoms with Crippen LogP contribution in [-0.4, -0.2) is 22.1 Å². The summed E-state index contributed by atoms with van der Waals surface area (Å²) < 4.78 is 69.3. The van der Waals surface area contributed by atoms with Gasteiger partial charge in [0.1, 0.15) is 0 Å². The maximum absolute atomic E-state index is 12.5. The zero-order valence-electron chi connectivity index (χ0n) is 12.0. The van der Waals surface area contributed by atoms with E-state index < -0.39 is 27.9 Å². The van der Waals surface area contributed by atoms with Gasteiger partial charge >= 0.3 is 6.18 Å². The molecule has 23 heavy (non-hydrogen) atoms. The lowest BCUT2D eigenvalue weighted by Gasteiger charge is -2.15. The van der Waals surface area contributed by atoms with Gasteiger partial charge < -0.3 is 4.74 Å². The van der Waals surface area contributed by atoms with Crippen LogP contribution in [0.4, 0.5) is 13.2 Å². The molecule has 0 saturated heterocycles. The zero-order chi connectivity index (χ0) is 17.1. The highest BCUT2D eigenvalue weighted by molar-refractivity contribution is 7.89. The maximum Gasteiger partial charge on any atom is 0.416 e. The molecular formula is C14H14F3NO3S2. The molecule has 0 aliphatic rings. The Hall–Kier alpha value is -1.42. The molecule has 1 N–H and O–H groups in total. The van der Waals surface area contributed by atoms with Crippen LogP contribution in [0.2, 0.25) is 0 Å². The van der Waals surface area contributed by atoms with Gasteiger partial charge in [-0.2, -0.15) is 24.5 Å². The Kier molecular flexibility index (Phi) is 5.45. The van der Waals surface area contributed by atoms with Crippen molar-refractivity contribution in [2.75, 3.05) is 13.7 Å². The van der Waals surface area contributed by atoms with Gasteiger partial charge in [-0.3, -0.25) is 0 Å². The molecule has 0 fully saturated rings. The van der Waals surface area contributed by atoms with Crippen molar-refractivity contribution >= 4 is 21.4 Å². The molecule has 9 heteroatoms. The van der Waals surface area contributed by atoms with E-state index in [4.69, 9.17) is 4.74 Å². The van der Waals surface area contributed by atoms with Crippen LogP contribution in [-0.2, 0) is 20.9 Å². The van der Waals surface area contributed by atoms with Gasteiger partial charge in [-0.15, -0.1) is 0 Å². The lowest BCUT2D eigenvalue weighted by Crippen LogP contribution is -2.29. The van der Waals surface area contributed by atoms with Gasteiger partial charge in [-0.1, -0.05) is 0 Å². The standard InChI is InChI=1S/C14H14F3NO3S2/c1-21-13(10-6-7-22-9-10)8-18-23(19,20)12-4-2-11(3-5-12)14(15,16)17/h2-7,9,13,18H,8H2,1H3. The van der Waals surface area contributed by atoms with Crippen LogP contribution < -0.4 is 4.72 Å². The number of methoxy groups -OCH3 is 1. The molecule has 0 aliphatic carbocycles. The molecule has 0 saturated carbocycles. The highest BCUT2D eigenvalue weighted by Crippen LogP contribution is 2.29. The SMILES string of the molecule is COC(CNS(=O)(=O)c1ccc(C(F)(F)F)cc1)c1ccsc1. The Bertz CT molecular complexity index is 726. The summed E-state index contributed by atoms with van der Waals surface area (Å²) in [5.74, 6) is 0.